The second-order valence-corrected chi connectivity index (χ2v) is 5.16. The number of rotatable bonds is 6. The lowest BCUT2D eigenvalue weighted by molar-refractivity contribution is 0.198. The van der Waals surface area contributed by atoms with Gasteiger partial charge in [-0.1, -0.05) is 24.3 Å². The van der Waals surface area contributed by atoms with Crippen molar-refractivity contribution < 1.29 is 0 Å². The molecule has 3 nitrogen and oxygen atoms in total. The van der Waals surface area contributed by atoms with Crippen molar-refractivity contribution in [3.05, 3.63) is 35.4 Å². The molecule has 0 saturated carbocycles. The molecule has 0 aromatic heterocycles. The second-order valence-electron chi connectivity index (χ2n) is 5.16. The Morgan fingerprint density at radius 1 is 1.35 bits per heavy atom. The first-order chi connectivity index (χ1) is 7.94. The standard InChI is InChI=1S/C14H25N3/c1-12-7-5-6-8-13(12)9-10-14(2,15)11-17(4)16-3/h5-8,16H,9-11,15H2,1-4H3. The van der Waals surface area contributed by atoms with E-state index in [0.717, 1.165) is 19.4 Å². The van der Waals surface area contributed by atoms with E-state index in [1.165, 1.54) is 11.1 Å². The van der Waals surface area contributed by atoms with Gasteiger partial charge in [-0.05, 0) is 44.9 Å². The lowest BCUT2D eigenvalue weighted by Gasteiger charge is -2.30. The Morgan fingerprint density at radius 2 is 2.00 bits per heavy atom. The van der Waals surface area contributed by atoms with Gasteiger partial charge in [-0.2, -0.15) is 0 Å². The van der Waals surface area contributed by atoms with Gasteiger partial charge in [-0.3, -0.25) is 5.43 Å². The first kappa shape index (κ1) is 14.2. The highest BCUT2D eigenvalue weighted by molar-refractivity contribution is 5.25. The molecule has 0 aliphatic carbocycles. The smallest absolute Gasteiger partial charge is 0.0305 e. The fourth-order valence-corrected chi connectivity index (χ4v) is 2.01. The maximum atomic E-state index is 6.31. The molecule has 0 amide bonds. The summed E-state index contributed by atoms with van der Waals surface area (Å²) in [6.45, 7) is 5.11. The summed E-state index contributed by atoms with van der Waals surface area (Å²) < 4.78 is 0. The number of nitrogens with one attached hydrogen (secondary N) is 1. The van der Waals surface area contributed by atoms with Crippen molar-refractivity contribution in [1.82, 2.24) is 10.4 Å². The van der Waals surface area contributed by atoms with Crippen LogP contribution < -0.4 is 11.2 Å². The number of aryl methyl sites for hydroxylation is 2. The molecule has 0 heterocycles. The summed E-state index contributed by atoms with van der Waals surface area (Å²) in [6.07, 6.45) is 2.03. The third-order valence-corrected chi connectivity index (χ3v) is 3.21. The highest BCUT2D eigenvalue weighted by Gasteiger charge is 2.20. The zero-order valence-electron chi connectivity index (χ0n) is 11.5. The summed E-state index contributed by atoms with van der Waals surface area (Å²) in [7, 11) is 3.93. The summed E-state index contributed by atoms with van der Waals surface area (Å²) in [6, 6.07) is 8.52. The van der Waals surface area contributed by atoms with Crippen molar-refractivity contribution in [2.24, 2.45) is 5.73 Å². The minimum Gasteiger partial charge on any atom is -0.324 e. The molecule has 0 radical (unpaired) electrons. The Kier molecular flexibility index (Phi) is 5.12. The number of likely N-dealkylation sites (N-methyl/N-ethyl adjacent to an activating group) is 1. The zero-order valence-corrected chi connectivity index (χ0v) is 11.5. The van der Waals surface area contributed by atoms with Crippen LogP contribution in [-0.2, 0) is 6.42 Å². The van der Waals surface area contributed by atoms with Crippen molar-refractivity contribution in [1.29, 1.82) is 0 Å². The molecule has 17 heavy (non-hydrogen) atoms. The molecule has 0 fully saturated rings. The Morgan fingerprint density at radius 3 is 2.59 bits per heavy atom. The van der Waals surface area contributed by atoms with E-state index in [1.807, 2.05) is 19.1 Å². The largest absolute Gasteiger partial charge is 0.324 e. The minimum absolute atomic E-state index is 0.167. The first-order valence-electron chi connectivity index (χ1n) is 6.16. The number of hydrazine groups is 1. The van der Waals surface area contributed by atoms with Gasteiger partial charge >= 0.3 is 0 Å². The summed E-state index contributed by atoms with van der Waals surface area (Å²) in [5, 5.41) is 2.03. The van der Waals surface area contributed by atoms with Crippen molar-refractivity contribution >= 4 is 0 Å². The molecule has 0 aliphatic heterocycles. The third kappa shape index (κ3) is 4.86. The Hall–Kier alpha value is -0.900. The first-order valence-corrected chi connectivity index (χ1v) is 6.16. The molecule has 3 N–H and O–H groups in total. The van der Waals surface area contributed by atoms with E-state index in [4.69, 9.17) is 5.73 Å². The Balaban J connectivity index is 2.52. The Labute approximate surface area is 105 Å². The fourth-order valence-electron chi connectivity index (χ4n) is 2.01. The van der Waals surface area contributed by atoms with Crippen molar-refractivity contribution in [3.8, 4) is 0 Å². The van der Waals surface area contributed by atoms with Gasteiger partial charge in [0, 0.05) is 19.1 Å². The lowest BCUT2D eigenvalue weighted by atomic mass is 9.92. The van der Waals surface area contributed by atoms with Crippen LogP contribution in [0.5, 0.6) is 0 Å². The van der Waals surface area contributed by atoms with E-state index >= 15 is 0 Å². The van der Waals surface area contributed by atoms with Crippen molar-refractivity contribution in [2.75, 3.05) is 20.6 Å². The van der Waals surface area contributed by atoms with E-state index in [-0.39, 0.29) is 5.54 Å². The van der Waals surface area contributed by atoms with Crippen LogP contribution >= 0.6 is 0 Å². The Bertz CT molecular complexity index is 347. The average molecular weight is 235 g/mol. The maximum Gasteiger partial charge on any atom is 0.0305 e. The molecule has 0 bridgehead atoms. The van der Waals surface area contributed by atoms with Gasteiger partial charge in [0.05, 0.1) is 0 Å². The van der Waals surface area contributed by atoms with Gasteiger partial charge in [0.2, 0.25) is 0 Å². The number of hydrogen-bond donors (Lipinski definition) is 2. The molecule has 3 heteroatoms. The molecule has 96 valence electrons. The van der Waals surface area contributed by atoms with E-state index < -0.39 is 0 Å². The zero-order chi connectivity index (χ0) is 12.9. The molecule has 0 spiro atoms. The molecular weight excluding hydrogens is 210 g/mol. The molecule has 1 aromatic rings. The van der Waals surface area contributed by atoms with Crippen LogP contribution in [0.1, 0.15) is 24.5 Å². The van der Waals surface area contributed by atoms with E-state index in [9.17, 15) is 0 Å². The van der Waals surface area contributed by atoms with Crippen molar-refractivity contribution in [2.45, 2.75) is 32.2 Å². The van der Waals surface area contributed by atoms with E-state index in [2.05, 4.69) is 43.5 Å². The third-order valence-electron chi connectivity index (χ3n) is 3.21. The van der Waals surface area contributed by atoms with Gasteiger partial charge in [-0.15, -0.1) is 0 Å². The van der Waals surface area contributed by atoms with E-state index in [0.29, 0.717) is 0 Å². The van der Waals surface area contributed by atoms with Gasteiger partial charge in [0.1, 0.15) is 0 Å². The summed E-state index contributed by atoms with van der Waals surface area (Å²) in [5.74, 6) is 0. The predicted octanol–water partition coefficient (Wildman–Crippen LogP) is 1.71. The molecule has 1 unspecified atom stereocenters. The normalized spacial score (nSPS) is 14.9. The van der Waals surface area contributed by atoms with Crippen LogP contribution in [0, 0.1) is 6.92 Å². The summed E-state index contributed by atoms with van der Waals surface area (Å²) >= 11 is 0. The molecular formula is C14H25N3. The average Bonchev–Trinajstić information content (AvgIpc) is 2.27. The summed E-state index contributed by atoms with van der Waals surface area (Å²) in [4.78, 5) is 0. The molecule has 0 saturated heterocycles. The quantitative estimate of drug-likeness (QED) is 0.738. The van der Waals surface area contributed by atoms with Gasteiger partial charge in [0.15, 0.2) is 0 Å². The van der Waals surface area contributed by atoms with Crippen LogP contribution in [0.15, 0.2) is 24.3 Å². The molecule has 1 aromatic carbocycles. The van der Waals surface area contributed by atoms with Gasteiger partial charge in [0.25, 0.3) is 0 Å². The van der Waals surface area contributed by atoms with Crippen LogP contribution in [-0.4, -0.2) is 31.2 Å². The predicted molar refractivity (Wildman–Crippen MR) is 73.8 cm³/mol. The van der Waals surface area contributed by atoms with Crippen molar-refractivity contribution in [3.63, 3.8) is 0 Å². The van der Waals surface area contributed by atoms with E-state index in [1.54, 1.807) is 0 Å². The molecule has 0 aliphatic rings. The second kappa shape index (κ2) is 6.15. The van der Waals surface area contributed by atoms with Crippen LogP contribution in [0.25, 0.3) is 0 Å². The maximum absolute atomic E-state index is 6.31. The number of nitrogens with zero attached hydrogens (tertiary/aromatic N) is 1. The molecule has 1 rings (SSSR count). The van der Waals surface area contributed by atoms with Gasteiger partial charge in [-0.25, -0.2) is 5.01 Å². The highest BCUT2D eigenvalue weighted by atomic mass is 15.5. The topological polar surface area (TPSA) is 41.3 Å². The minimum atomic E-state index is -0.167. The number of benzene rings is 1. The number of hydrogen-bond acceptors (Lipinski definition) is 3. The van der Waals surface area contributed by atoms with Crippen LogP contribution in [0.3, 0.4) is 0 Å². The lowest BCUT2D eigenvalue weighted by Crippen LogP contribution is -2.50. The number of nitrogens with two attached hydrogens (primary N) is 1. The van der Waals surface area contributed by atoms with Gasteiger partial charge < -0.3 is 5.73 Å². The fraction of sp³-hybridized carbons (Fsp3) is 0.571. The summed E-state index contributed by atoms with van der Waals surface area (Å²) in [5.41, 5.74) is 12.0. The highest BCUT2D eigenvalue weighted by Crippen LogP contribution is 2.15. The van der Waals surface area contributed by atoms with Crippen LogP contribution in [0.4, 0.5) is 0 Å². The SMILES string of the molecule is CNN(C)CC(C)(N)CCc1ccccc1C. The van der Waals surface area contributed by atoms with Crippen LogP contribution in [0.2, 0.25) is 0 Å². The molecule has 1 atom stereocenters. The monoisotopic (exact) mass is 235 g/mol.